The highest BCUT2D eigenvalue weighted by atomic mass is 79.9. The van der Waals surface area contributed by atoms with Crippen LogP contribution in [0.5, 0.6) is 0 Å². The minimum atomic E-state index is 0.809. The van der Waals surface area contributed by atoms with Gasteiger partial charge in [0.05, 0.1) is 18.0 Å². The molecule has 12 heavy (non-hydrogen) atoms. The fourth-order valence-electron chi connectivity index (χ4n) is 1.03. The maximum Gasteiger partial charge on any atom is 0.0853 e. The number of benzene rings is 1. The fourth-order valence-corrected chi connectivity index (χ4v) is 3.54. The molecule has 1 aromatic heterocycles. The van der Waals surface area contributed by atoms with E-state index in [1.807, 2.05) is 18.2 Å². The summed E-state index contributed by atoms with van der Waals surface area (Å²) in [5, 5.41) is 1.98. The molecule has 0 atom stereocenters. The van der Waals surface area contributed by atoms with Crippen molar-refractivity contribution >= 4 is 64.9 Å². The smallest absolute Gasteiger partial charge is 0.0853 e. The standard InChI is InChI=1S/C8H3Br2ClS/c9-6-4-2-1-3-5(11)7(4)12-8(6)10/h1-3H. The first-order valence-corrected chi connectivity index (χ1v) is 6.00. The van der Waals surface area contributed by atoms with Crippen LogP contribution in [0, 0.1) is 0 Å². The summed E-state index contributed by atoms with van der Waals surface area (Å²) in [4.78, 5) is 0. The summed E-state index contributed by atoms with van der Waals surface area (Å²) >= 11 is 14.6. The van der Waals surface area contributed by atoms with Crippen molar-refractivity contribution in [3.63, 3.8) is 0 Å². The van der Waals surface area contributed by atoms with Gasteiger partial charge in [0.15, 0.2) is 0 Å². The number of halogens is 3. The minimum absolute atomic E-state index is 0.809. The second-order valence-corrected chi connectivity index (χ2v) is 5.84. The van der Waals surface area contributed by atoms with Gasteiger partial charge in [-0.05, 0) is 37.9 Å². The van der Waals surface area contributed by atoms with Crippen LogP contribution in [0.2, 0.25) is 5.02 Å². The maximum absolute atomic E-state index is 6.01. The van der Waals surface area contributed by atoms with Gasteiger partial charge in [0.1, 0.15) is 0 Å². The quantitative estimate of drug-likeness (QED) is 0.633. The highest BCUT2D eigenvalue weighted by Gasteiger charge is 2.08. The maximum atomic E-state index is 6.01. The van der Waals surface area contributed by atoms with E-state index < -0.39 is 0 Å². The predicted octanol–water partition coefficient (Wildman–Crippen LogP) is 5.08. The monoisotopic (exact) mass is 324 g/mol. The van der Waals surface area contributed by atoms with Gasteiger partial charge >= 0.3 is 0 Å². The van der Waals surface area contributed by atoms with Crippen molar-refractivity contribution in [3.05, 3.63) is 31.5 Å². The molecule has 62 valence electrons. The number of hydrogen-bond acceptors (Lipinski definition) is 1. The molecule has 0 unspecified atom stereocenters. The first-order chi connectivity index (χ1) is 5.70. The molecule has 0 nitrogen and oxygen atoms in total. The molecule has 0 bridgehead atoms. The highest BCUT2D eigenvalue weighted by Crippen LogP contribution is 2.41. The van der Waals surface area contributed by atoms with E-state index in [0.29, 0.717) is 0 Å². The number of hydrogen-bond donors (Lipinski definition) is 0. The lowest BCUT2D eigenvalue weighted by molar-refractivity contribution is 1.82. The molecule has 2 aromatic rings. The molecule has 1 heterocycles. The normalized spacial score (nSPS) is 10.9. The van der Waals surface area contributed by atoms with Crippen LogP contribution >= 0.6 is 54.8 Å². The van der Waals surface area contributed by atoms with Crippen molar-refractivity contribution in [2.45, 2.75) is 0 Å². The summed E-state index contributed by atoms with van der Waals surface area (Å²) in [6, 6.07) is 5.90. The first-order valence-electron chi connectivity index (χ1n) is 3.22. The lowest BCUT2D eigenvalue weighted by Gasteiger charge is -1.91. The fraction of sp³-hybridized carbons (Fsp3) is 0. The molecule has 0 spiro atoms. The van der Waals surface area contributed by atoms with E-state index in [0.717, 1.165) is 18.0 Å². The molecule has 0 amide bonds. The van der Waals surface area contributed by atoms with Gasteiger partial charge in [-0.25, -0.2) is 0 Å². The zero-order valence-corrected chi connectivity index (χ0v) is 10.5. The first kappa shape index (κ1) is 9.00. The van der Waals surface area contributed by atoms with Crippen molar-refractivity contribution in [2.24, 2.45) is 0 Å². The van der Waals surface area contributed by atoms with E-state index in [9.17, 15) is 0 Å². The van der Waals surface area contributed by atoms with E-state index in [-0.39, 0.29) is 0 Å². The molecule has 0 fully saturated rings. The Morgan fingerprint density at radius 2 is 2.00 bits per heavy atom. The van der Waals surface area contributed by atoms with Crippen LogP contribution in [-0.2, 0) is 0 Å². The molecule has 2 rings (SSSR count). The highest BCUT2D eigenvalue weighted by molar-refractivity contribution is 9.13. The largest absolute Gasteiger partial charge is 0.125 e. The molecule has 0 N–H and O–H groups in total. The van der Waals surface area contributed by atoms with Crippen molar-refractivity contribution in [1.82, 2.24) is 0 Å². The molecule has 0 saturated carbocycles. The third-order valence-electron chi connectivity index (χ3n) is 1.57. The molecular weight excluding hydrogens is 323 g/mol. The number of rotatable bonds is 0. The number of thiophene rings is 1. The lowest BCUT2D eigenvalue weighted by atomic mass is 10.3. The Bertz CT molecular complexity index is 436. The van der Waals surface area contributed by atoms with E-state index in [2.05, 4.69) is 31.9 Å². The second kappa shape index (κ2) is 3.29. The summed E-state index contributed by atoms with van der Waals surface area (Å²) in [7, 11) is 0. The average Bonchev–Trinajstić information content (AvgIpc) is 2.32. The van der Waals surface area contributed by atoms with E-state index in [1.54, 1.807) is 11.3 Å². The summed E-state index contributed by atoms with van der Waals surface area (Å²) in [5.41, 5.74) is 0. The van der Waals surface area contributed by atoms with Gasteiger partial charge in [-0.3, -0.25) is 0 Å². The molecule has 0 aliphatic carbocycles. The Balaban J connectivity index is 2.95. The van der Waals surface area contributed by atoms with Crippen LogP contribution in [-0.4, -0.2) is 0 Å². The number of fused-ring (bicyclic) bond motifs is 1. The Morgan fingerprint density at radius 1 is 1.25 bits per heavy atom. The summed E-state index contributed by atoms with van der Waals surface area (Å²) in [5.74, 6) is 0. The Labute approximate surface area is 95.8 Å². The SMILES string of the molecule is Clc1cccc2c(Br)c(Br)sc12. The molecule has 0 radical (unpaired) electrons. The summed E-state index contributed by atoms with van der Waals surface area (Å²) in [6.45, 7) is 0. The zero-order valence-electron chi connectivity index (χ0n) is 5.77. The van der Waals surface area contributed by atoms with Crippen LogP contribution in [0.1, 0.15) is 0 Å². The van der Waals surface area contributed by atoms with Crippen LogP contribution in [0.3, 0.4) is 0 Å². The molecular formula is C8H3Br2ClS. The van der Waals surface area contributed by atoms with Gasteiger partial charge in [0, 0.05) is 5.39 Å². The van der Waals surface area contributed by atoms with Crippen LogP contribution in [0.25, 0.3) is 10.1 Å². The Morgan fingerprint density at radius 3 is 2.67 bits per heavy atom. The van der Waals surface area contributed by atoms with Gasteiger partial charge in [-0.2, -0.15) is 0 Å². The van der Waals surface area contributed by atoms with Crippen molar-refractivity contribution < 1.29 is 0 Å². The van der Waals surface area contributed by atoms with Gasteiger partial charge < -0.3 is 0 Å². The summed E-state index contributed by atoms with van der Waals surface area (Å²) < 4.78 is 3.30. The molecule has 0 saturated heterocycles. The lowest BCUT2D eigenvalue weighted by Crippen LogP contribution is -1.64. The summed E-state index contributed by atoms with van der Waals surface area (Å²) in [6.07, 6.45) is 0. The van der Waals surface area contributed by atoms with Gasteiger partial charge in [0.25, 0.3) is 0 Å². The Kier molecular flexibility index (Phi) is 2.47. The van der Waals surface area contributed by atoms with E-state index >= 15 is 0 Å². The zero-order chi connectivity index (χ0) is 8.72. The third kappa shape index (κ3) is 1.33. The topological polar surface area (TPSA) is 0 Å². The van der Waals surface area contributed by atoms with Crippen molar-refractivity contribution in [2.75, 3.05) is 0 Å². The van der Waals surface area contributed by atoms with Crippen LogP contribution < -0.4 is 0 Å². The molecule has 0 aliphatic rings. The third-order valence-corrected chi connectivity index (χ3v) is 5.52. The van der Waals surface area contributed by atoms with Crippen LogP contribution in [0.4, 0.5) is 0 Å². The van der Waals surface area contributed by atoms with Crippen molar-refractivity contribution in [3.8, 4) is 0 Å². The molecule has 0 aliphatic heterocycles. The average molecular weight is 326 g/mol. The molecule has 4 heteroatoms. The van der Waals surface area contributed by atoms with Crippen molar-refractivity contribution in [1.29, 1.82) is 0 Å². The van der Waals surface area contributed by atoms with Gasteiger partial charge in [-0.1, -0.05) is 23.7 Å². The molecule has 1 aromatic carbocycles. The Hall–Kier alpha value is 0.430. The van der Waals surface area contributed by atoms with Crippen LogP contribution in [0.15, 0.2) is 26.5 Å². The van der Waals surface area contributed by atoms with Gasteiger partial charge in [-0.15, -0.1) is 11.3 Å². The minimum Gasteiger partial charge on any atom is -0.125 e. The van der Waals surface area contributed by atoms with E-state index in [1.165, 1.54) is 5.39 Å². The second-order valence-electron chi connectivity index (χ2n) is 2.31. The van der Waals surface area contributed by atoms with Gasteiger partial charge in [0.2, 0.25) is 0 Å². The predicted molar refractivity (Wildman–Crippen MR) is 62.2 cm³/mol. The van der Waals surface area contributed by atoms with E-state index in [4.69, 9.17) is 11.6 Å².